The van der Waals surface area contributed by atoms with Crippen LogP contribution in [-0.4, -0.2) is 24.2 Å². The van der Waals surface area contributed by atoms with Gasteiger partial charge in [0.15, 0.2) is 0 Å². The molecule has 3 aromatic heterocycles. The molecule has 3 heterocycles. The van der Waals surface area contributed by atoms with E-state index in [1.54, 1.807) is 12.1 Å². The minimum absolute atomic E-state index is 0.0278. The van der Waals surface area contributed by atoms with Crippen LogP contribution < -0.4 is 16.2 Å². The van der Waals surface area contributed by atoms with Crippen LogP contribution in [0.2, 0.25) is 0 Å². The Balaban J connectivity index is 1.54. The van der Waals surface area contributed by atoms with Crippen LogP contribution in [0.4, 0.5) is 17.3 Å². The summed E-state index contributed by atoms with van der Waals surface area (Å²) in [5, 5.41) is 10.3. The minimum Gasteiger partial charge on any atom is -0.397 e. The van der Waals surface area contributed by atoms with Crippen molar-refractivity contribution in [3.63, 3.8) is 0 Å². The zero-order valence-electron chi connectivity index (χ0n) is 20.7. The van der Waals surface area contributed by atoms with Crippen molar-refractivity contribution in [3.05, 3.63) is 94.5 Å². The first kappa shape index (κ1) is 25.8. The highest BCUT2D eigenvalue weighted by molar-refractivity contribution is 7.92. The van der Waals surface area contributed by atoms with Crippen LogP contribution in [0.3, 0.4) is 0 Å². The zero-order chi connectivity index (χ0) is 27.7. The summed E-state index contributed by atoms with van der Waals surface area (Å²) >= 11 is 1.07. The fraction of sp³-hybridized carbons (Fsp3) is 0.0714. The Hall–Kier alpha value is -4.79. The van der Waals surface area contributed by atoms with Crippen molar-refractivity contribution in [2.45, 2.75) is 18.2 Å². The van der Waals surface area contributed by atoms with Gasteiger partial charge in [0.1, 0.15) is 33.0 Å². The third kappa shape index (κ3) is 4.79. The van der Waals surface area contributed by atoms with E-state index < -0.39 is 15.8 Å². The van der Waals surface area contributed by atoms with Gasteiger partial charge in [0, 0.05) is 22.7 Å². The van der Waals surface area contributed by atoms with Crippen LogP contribution in [0.5, 0.6) is 0 Å². The Kier molecular flexibility index (Phi) is 6.74. The fourth-order valence-electron chi connectivity index (χ4n) is 4.18. The van der Waals surface area contributed by atoms with E-state index in [1.165, 1.54) is 36.5 Å². The number of fused-ring (bicyclic) bond motifs is 1. The van der Waals surface area contributed by atoms with Gasteiger partial charge in [0.2, 0.25) is 5.78 Å². The Morgan fingerprint density at radius 1 is 1.05 bits per heavy atom. The summed E-state index contributed by atoms with van der Waals surface area (Å²) in [7, 11) is -3.90. The maximum absolute atomic E-state index is 13.5. The van der Waals surface area contributed by atoms with Crippen LogP contribution in [-0.2, 0) is 16.4 Å². The molecule has 0 radical (unpaired) electrons. The molecule has 11 heteroatoms. The molecule has 2 aromatic carbocycles. The summed E-state index contributed by atoms with van der Waals surface area (Å²) in [5.74, 6) is -0.171. The van der Waals surface area contributed by atoms with Crippen LogP contribution >= 0.6 is 11.3 Å². The van der Waals surface area contributed by atoms with Gasteiger partial charge in [-0.05, 0) is 53.9 Å². The number of nitrogen functional groups attached to an aromatic ring is 2. The monoisotopic (exact) mass is 554 g/mol. The van der Waals surface area contributed by atoms with Crippen LogP contribution in [0.15, 0.2) is 77.8 Å². The third-order valence-electron chi connectivity index (χ3n) is 6.20. The molecule has 0 unspecified atom stereocenters. The molecule has 0 aliphatic rings. The average molecular weight is 555 g/mol. The summed E-state index contributed by atoms with van der Waals surface area (Å²) in [6.07, 6.45) is 2.33. The molecule has 0 aliphatic carbocycles. The number of sulfonamides is 1. The van der Waals surface area contributed by atoms with Gasteiger partial charge in [-0.1, -0.05) is 37.3 Å². The summed E-state index contributed by atoms with van der Waals surface area (Å²) in [6, 6.07) is 20.2. The number of pyridine rings is 2. The molecule has 0 saturated heterocycles. The number of carbonyl (C=O) groups is 1. The average Bonchev–Trinajstić information content (AvgIpc) is 3.27. The number of hydrogen-bond acceptors (Lipinski definition) is 9. The van der Waals surface area contributed by atoms with Crippen molar-refractivity contribution in [2.24, 2.45) is 0 Å². The van der Waals surface area contributed by atoms with Gasteiger partial charge in [-0.2, -0.15) is 5.26 Å². The predicted molar refractivity (Wildman–Crippen MR) is 153 cm³/mol. The number of rotatable bonds is 7. The van der Waals surface area contributed by atoms with Crippen molar-refractivity contribution < 1.29 is 13.2 Å². The van der Waals surface area contributed by atoms with Gasteiger partial charge < -0.3 is 11.5 Å². The van der Waals surface area contributed by atoms with Crippen molar-refractivity contribution in [2.75, 3.05) is 16.2 Å². The number of carbonyl (C=O) groups excluding carboxylic acids is 1. The molecule has 0 fully saturated rings. The Morgan fingerprint density at radius 2 is 1.77 bits per heavy atom. The van der Waals surface area contributed by atoms with Crippen molar-refractivity contribution in [1.82, 2.24) is 9.97 Å². The maximum atomic E-state index is 13.5. The molecule has 9 nitrogen and oxygen atoms in total. The first-order valence-electron chi connectivity index (χ1n) is 11.8. The quantitative estimate of drug-likeness (QED) is 0.237. The van der Waals surface area contributed by atoms with Crippen molar-refractivity contribution in [1.29, 1.82) is 5.26 Å². The highest BCUT2D eigenvalue weighted by Gasteiger charge is 2.25. The second-order valence-electron chi connectivity index (χ2n) is 8.61. The molecule has 0 spiro atoms. The second-order valence-corrected chi connectivity index (χ2v) is 11.3. The summed E-state index contributed by atoms with van der Waals surface area (Å²) < 4.78 is 27.9. The van der Waals surface area contributed by atoms with E-state index in [4.69, 9.17) is 11.5 Å². The summed E-state index contributed by atoms with van der Waals surface area (Å²) in [5.41, 5.74) is 15.7. The topological polar surface area (TPSA) is 165 Å². The van der Waals surface area contributed by atoms with E-state index in [0.717, 1.165) is 28.9 Å². The lowest BCUT2D eigenvalue weighted by Gasteiger charge is -2.10. The number of nitriles is 1. The largest absolute Gasteiger partial charge is 0.397 e. The number of thiophene rings is 1. The number of hydrogen-bond donors (Lipinski definition) is 3. The van der Waals surface area contributed by atoms with Crippen LogP contribution in [0.1, 0.15) is 33.3 Å². The summed E-state index contributed by atoms with van der Waals surface area (Å²) in [4.78, 5) is 22.4. The Bertz CT molecular complexity index is 1860. The predicted octanol–water partition coefficient (Wildman–Crippen LogP) is 4.99. The number of aromatic nitrogens is 2. The molecular weight excluding hydrogens is 532 g/mol. The number of aryl methyl sites for hydroxylation is 1. The molecule has 0 saturated carbocycles. The molecule has 5 N–H and O–H groups in total. The third-order valence-corrected chi connectivity index (χ3v) is 8.67. The first-order valence-corrected chi connectivity index (χ1v) is 14.1. The van der Waals surface area contributed by atoms with Gasteiger partial charge in [0.25, 0.3) is 10.0 Å². The van der Waals surface area contributed by atoms with E-state index in [0.29, 0.717) is 15.8 Å². The normalized spacial score (nSPS) is 11.3. The van der Waals surface area contributed by atoms with Gasteiger partial charge >= 0.3 is 0 Å². The number of ketones is 1. The Labute approximate surface area is 228 Å². The lowest BCUT2D eigenvalue weighted by Crippen LogP contribution is -2.14. The molecule has 5 rings (SSSR count). The molecule has 39 heavy (non-hydrogen) atoms. The highest BCUT2D eigenvalue weighted by atomic mass is 32.2. The highest BCUT2D eigenvalue weighted by Crippen LogP contribution is 2.43. The number of benzene rings is 2. The molecule has 0 aliphatic heterocycles. The zero-order valence-corrected chi connectivity index (χ0v) is 22.3. The van der Waals surface area contributed by atoms with Crippen molar-refractivity contribution in [3.8, 4) is 17.2 Å². The summed E-state index contributed by atoms with van der Waals surface area (Å²) in [6.45, 7) is 2.05. The lowest BCUT2D eigenvalue weighted by atomic mass is 9.95. The molecule has 0 atom stereocenters. The van der Waals surface area contributed by atoms with Gasteiger partial charge in [-0.15, -0.1) is 11.3 Å². The standard InChI is InChI=1S/C28H22N6O3S2/c1-2-16-6-8-17(9-7-16)22-20(15-29)27(31)33-28-23(22)24(30)26(38-28)25(35)18-10-12-19(13-11-18)39(36,37)34-21-5-3-4-14-32-21/h3-14H,2,30H2,1H3,(H2,31,33)(H,32,34). The number of anilines is 3. The smallest absolute Gasteiger partial charge is 0.263 e. The van der Waals surface area contributed by atoms with Crippen molar-refractivity contribution >= 4 is 54.7 Å². The Morgan fingerprint density at radius 3 is 2.38 bits per heavy atom. The SMILES string of the molecule is CCc1ccc(-c2c(C#N)c(N)nc3sc(C(=O)c4ccc(S(=O)(=O)Nc5ccccn5)cc4)c(N)c23)cc1. The fourth-order valence-corrected chi connectivity index (χ4v) is 6.27. The first-order chi connectivity index (χ1) is 18.7. The van der Waals surface area contributed by atoms with E-state index in [-0.39, 0.29) is 38.2 Å². The molecule has 0 amide bonds. The van der Waals surface area contributed by atoms with E-state index in [9.17, 15) is 18.5 Å². The number of nitrogens with one attached hydrogen (secondary N) is 1. The molecule has 194 valence electrons. The van der Waals surface area contributed by atoms with Gasteiger partial charge in [0.05, 0.1) is 10.6 Å². The van der Waals surface area contributed by atoms with Crippen LogP contribution in [0, 0.1) is 11.3 Å². The number of nitrogens with two attached hydrogens (primary N) is 2. The lowest BCUT2D eigenvalue weighted by molar-refractivity contribution is 0.104. The van der Waals surface area contributed by atoms with E-state index >= 15 is 0 Å². The van der Waals surface area contributed by atoms with Gasteiger partial charge in [-0.25, -0.2) is 18.4 Å². The van der Waals surface area contributed by atoms with Gasteiger partial charge in [-0.3, -0.25) is 9.52 Å². The van der Waals surface area contributed by atoms with Crippen LogP contribution in [0.25, 0.3) is 21.3 Å². The molecule has 5 aromatic rings. The minimum atomic E-state index is -3.90. The van der Waals surface area contributed by atoms with E-state index in [2.05, 4.69) is 20.8 Å². The molecular formula is C28H22N6O3S2. The maximum Gasteiger partial charge on any atom is 0.263 e. The second kappa shape index (κ2) is 10.2. The molecule has 0 bridgehead atoms. The number of nitrogens with zero attached hydrogens (tertiary/aromatic N) is 3. The van der Waals surface area contributed by atoms with E-state index in [1.807, 2.05) is 31.2 Å².